The van der Waals surface area contributed by atoms with Crippen molar-refractivity contribution in [2.24, 2.45) is 5.73 Å². The van der Waals surface area contributed by atoms with E-state index in [9.17, 15) is 5.11 Å². The summed E-state index contributed by atoms with van der Waals surface area (Å²) in [6.45, 7) is 1.29. The van der Waals surface area contributed by atoms with Crippen LogP contribution in [0.15, 0.2) is 18.2 Å². The minimum Gasteiger partial charge on any atom is -0.395 e. The van der Waals surface area contributed by atoms with E-state index in [4.69, 9.17) is 5.73 Å². The van der Waals surface area contributed by atoms with E-state index in [1.54, 1.807) is 0 Å². The topological polar surface area (TPSA) is 62.4 Å². The summed E-state index contributed by atoms with van der Waals surface area (Å²) in [5.41, 5.74) is 6.52. The van der Waals surface area contributed by atoms with Crippen molar-refractivity contribution in [3.8, 4) is 0 Å². The first kappa shape index (κ1) is 12.3. The van der Waals surface area contributed by atoms with Crippen molar-refractivity contribution in [3.63, 3.8) is 0 Å². The third kappa shape index (κ3) is 2.96. The van der Waals surface area contributed by atoms with E-state index in [0.717, 1.165) is 11.5 Å². The molecule has 0 atom stereocenters. The van der Waals surface area contributed by atoms with Crippen LogP contribution in [0.5, 0.6) is 0 Å². The lowest BCUT2D eigenvalue weighted by atomic mass is 10.2. The molecular formula is C13H21N3O. The van der Waals surface area contributed by atoms with Crippen molar-refractivity contribution in [1.29, 1.82) is 0 Å². The Balaban J connectivity index is 2.18. The molecule has 1 saturated carbocycles. The second kappa shape index (κ2) is 5.98. The summed E-state index contributed by atoms with van der Waals surface area (Å²) in [6, 6.07) is 6.47. The van der Waals surface area contributed by atoms with Crippen LogP contribution in [0.25, 0.3) is 0 Å². The van der Waals surface area contributed by atoms with E-state index in [0.29, 0.717) is 19.1 Å². The van der Waals surface area contributed by atoms with Gasteiger partial charge in [0.2, 0.25) is 0 Å². The number of nitrogens with two attached hydrogens (primary N) is 1. The standard InChI is InChI=1S/C13H21N3O/c14-10-11-4-3-7-13(15-11)16(8-9-17)12-5-1-2-6-12/h3-4,7,12,17H,1-2,5-6,8-10,14H2. The molecule has 0 amide bonds. The maximum absolute atomic E-state index is 9.19. The third-order valence-electron chi connectivity index (χ3n) is 3.40. The molecule has 2 rings (SSSR count). The second-order valence-corrected chi connectivity index (χ2v) is 4.55. The zero-order valence-electron chi connectivity index (χ0n) is 10.2. The SMILES string of the molecule is NCc1cccc(N(CCO)C2CCCC2)n1. The molecular weight excluding hydrogens is 214 g/mol. The first-order valence-electron chi connectivity index (χ1n) is 6.38. The number of pyridine rings is 1. The van der Waals surface area contributed by atoms with Gasteiger partial charge in [0.05, 0.1) is 12.3 Å². The normalized spacial score (nSPS) is 16.4. The molecule has 94 valence electrons. The van der Waals surface area contributed by atoms with Gasteiger partial charge in [-0.1, -0.05) is 18.9 Å². The Bertz CT molecular complexity index is 350. The second-order valence-electron chi connectivity index (χ2n) is 4.55. The van der Waals surface area contributed by atoms with Gasteiger partial charge in [-0.25, -0.2) is 4.98 Å². The third-order valence-corrected chi connectivity index (χ3v) is 3.40. The number of aromatic nitrogens is 1. The van der Waals surface area contributed by atoms with Gasteiger partial charge in [0.1, 0.15) is 5.82 Å². The van der Waals surface area contributed by atoms with Crippen LogP contribution in [0, 0.1) is 0 Å². The van der Waals surface area contributed by atoms with E-state index in [1.165, 1.54) is 25.7 Å². The Morgan fingerprint density at radius 2 is 2.12 bits per heavy atom. The molecule has 3 N–H and O–H groups in total. The Labute approximate surface area is 102 Å². The van der Waals surface area contributed by atoms with Gasteiger partial charge in [0.15, 0.2) is 0 Å². The molecule has 0 spiro atoms. The van der Waals surface area contributed by atoms with E-state index in [-0.39, 0.29) is 6.61 Å². The van der Waals surface area contributed by atoms with Crippen LogP contribution in [-0.2, 0) is 6.54 Å². The van der Waals surface area contributed by atoms with Crippen LogP contribution in [-0.4, -0.2) is 29.3 Å². The summed E-state index contributed by atoms with van der Waals surface area (Å²) in [6.07, 6.45) is 4.97. The number of aliphatic hydroxyl groups excluding tert-OH is 1. The zero-order chi connectivity index (χ0) is 12.1. The minimum atomic E-state index is 0.172. The van der Waals surface area contributed by atoms with E-state index < -0.39 is 0 Å². The van der Waals surface area contributed by atoms with Gasteiger partial charge in [0.25, 0.3) is 0 Å². The molecule has 1 fully saturated rings. The lowest BCUT2D eigenvalue weighted by molar-refractivity contribution is 0.297. The van der Waals surface area contributed by atoms with Gasteiger partial charge in [-0.3, -0.25) is 0 Å². The number of anilines is 1. The quantitative estimate of drug-likeness (QED) is 0.807. The van der Waals surface area contributed by atoms with Crippen LogP contribution >= 0.6 is 0 Å². The monoisotopic (exact) mass is 235 g/mol. The highest BCUT2D eigenvalue weighted by Crippen LogP contribution is 2.26. The van der Waals surface area contributed by atoms with Crippen LogP contribution in [0.3, 0.4) is 0 Å². The molecule has 0 aromatic carbocycles. The van der Waals surface area contributed by atoms with Gasteiger partial charge < -0.3 is 15.7 Å². The van der Waals surface area contributed by atoms with Crippen LogP contribution in [0.4, 0.5) is 5.82 Å². The van der Waals surface area contributed by atoms with Crippen molar-refractivity contribution in [2.45, 2.75) is 38.3 Å². The van der Waals surface area contributed by atoms with Crippen molar-refractivity contribution in [2.75, 3.05) is 18.1 Å². The summed E-state index contributed by atoms with van der Waals surface area (Å²) in [7, 11) is 0. The Morgan fingerprint density at radius 3 is 2.76 bits per heavy atom. The highest BCUT2D eigenvalue weighted by molar-refractivity contribution is 5.41. The fourth-order valence-electron chi connectivity index (χ4n) is 2.55. The van der Waals surface area contributed by atoms with Gasteiger partial charge in [-0.05, 0) is 25.0 Å². The molecule has 1 aliphatic rings. The lowest BCUT2D eigenvalue weighted by Crippen LogP contribution is -2.36. The molecule has 0 aliphatic heterocycles. The number of rotatable bonds is 5. The van der Waals surface area contributed by atoms with Gasteiger partial charge >= 0.3 is 0 Å². The molecule has 1 aromatic heterocycles. The van der Waals surface area contributed by atoms with Crippen LogP contribution in [0.2, 0.25) is 0 Å². The molecule has 1 aromatic rings. The fraction of sp³-hybridized carbons (Fsp3) is 0.615. The van der Waals surface area contributed by atoms with Crippen molar-refractivity contribution < 1.29 is 5.11 Å². The van der Waals surface area contributed by atoms with E-state index in [1.807, 2.05) is 18.2 Å². The number of hydrogen-bond donors (Lipinski definition) is 2. The Hall–Kier alpha value is -1.13. The predicted molar refractivity (Wildman–Crippen MR) is 68.8 cm³/mol. The largest absolute Gasteiger partial charge is 0.395 e. The Morgan fingerprint density at radius 1 is 1.35 bits per heavy atom. The van der Waals surface area contributed by atoms with Crippen LogP contribution in [0.1, 0.15) is 31.4 Å². The van der Waals surface area contributed by atoms with Crippen LogP contribution < -0.4 is 10.6 Å². The molecule has 1 heterocycles. The molecule has 0 radical (unpaired) electrons. The first-order valence-corrected chi connectivity index (χ1v) is 6.38. The van der Waals surface area contributed by atoms with Crippen molar-refractivity contribution in [1.82, 2.24) is 4.98 Å². The number of hydrogen-bond acceptors (Lipinski definition) is 4. The summed E-state index contributed by atoms with van der Waals surface area (Å²) in [4.78, 5) is 6.77. The molecule has 0 unspecified atom stereocenters. The molecule has 0 bridgehead atoms. The number of aliphatic hydroxyl groups is 1. The minimum absolute atomic E-state index is 0.172. The van der Waals surface area contributed by atoms with Crippen molar-refractivity contribution >= 4 is 5.82 Å². The maximum Gasteiger partial charge on any atom is 0.129 e. The lowest BCUT2D eigenvalue weighted by Gasteiger charge is -2.29. The highest BCUT2D eigenvalue weighted by Gasteiger charge is 2.23. The van der Waals surface area contributed by atoms with Gasteiger partial charge in [0, 0.05) is 19.1 Å². The zero-order valence-corrected chi connectivity index (χ0v) is 10.2. The molecule has 4 nitrogen and oxygen atoms in total. The summed E-state index contributed by atoms with van der Waals surface area (Å²) in [5.74, 6) is 0.953. The van der Waals surface area contributed by atoms with Crippen molar-refractivity contribution in [3.05, 3.63) is 23.9 Å². The smallest absolute Gasteiger partial charge is 0.129 e. The number of nitrogens with zero attached hydrogens (tertiary/aromatic N) is 2. The molecule has 1 aliphatic carbocycles. The average molecular weight is 235 g/mol. The van der Waals surface area contributed by atoms with E-state index in [2.05, 4.69) is 9.88 Å². The summed E-state index contributed by atoms with van der Waals surface area (Å²) >= 11 is 0. The Kier molecular flexibility index (Phi) is 4.34. The van der Waals surface area contributed by atoms with E-state index >= 15 is 0 Å². The maximum atomic E-state index is 9.19. The summed E-state index contributed by atoms with van der Waals surface area (Å²) in [5, 5.41) is 9.19. The highest BCUT2D eigenvalue weighted by atomic mass is 16.3. The molecule has 4 heteroatoms. The van der Waals surface area contributed by atoms with Gasteiger partial charge in [-0.15, -0.1) is 0 Å². The predicted octanol–water partition coefficient (Wildman–Crippen LogP) is 1.28. The molecule has 0 saturated heterocycles. The first-order chi connectivity index (χ1) is 8.35. The molecule has 17 heavy (non-hydrogen) atoms. The summed E-state index contributed by atoms with van der Waals surface area (Å²) < 4.78 is 0. The average Bonchev–Trinajstić information content (AvgIpc) is 2.89. The fourth-order valence-corrected chi connectivity index (χ4v) is 2.55. The van der Waals surface area contributed by atoms with Gasteiger partial charge in [-0.2, -0.15) is 0 Å².